The van der Waals surface area contributed by atoms with Crippen LogP contribution in [0.15, 0.2) is 47.3 Å². The molecule has 1 N–H and O–H groups in total. The van der Waals surface area contributed by atoms with E-state index in [1.807, 2.05) is 0 Å². The number of alkyl halides is 3. The number of nitrogens with zero attached hydrogens (tertiary/aromatic N) is 2. The minimum absolute atomic E-state index is 0.0879. The van der Waals surface area contributed by atoms with Crippen molar-refractivity contribution in [1.82, 2.24) is 14.9 Å². The van der Waals surface area contributed by atoms with Crippen LogP contribution in [0.4, 0.5) is 13.2 Å². The van der Waals surface area contributed by atoms with Gasteiger partial charge in [0.2, 0.25) is 0 Å². The lowest BCUT2D eigenvalue weighted by Crippen LogP contribution is -2.25. The molecule has 4 rings (SSSR count). The number of aromatic nitrogens is 2. The number of carbonyl (C=O) groups excluding carboxylic acids is 1. The Hall–Kier alpha value is -3.36. The van der Waals surface area contributed by atoms with Crippen LogP contribution in [0.1, 0.15) is 41.0 Å². The summed E-state index contributed by atoms with van der Waals surface area (Å²) in [4.78, 5) is 29.9. The largest absolute Gasteiger partial charge is 0.573 e. The van der Waals surface area contributed by atoms with Crippen LogP contribution < -0.4 is 15.6 Å². The van der Waals surface area contributed by atoms with Gasteiger partial charge in [-0.15, -0.1) is 13.2 Å². The highest BCUT2D eigenvalue weighted by Gasteiger charge is 2.30. The first-order valence-electron chi connectivity index (χ1n) is 9.96. The second-order valence-corrected chi connectivity index (χ2v) is 7.40. The third-order valence-electron chi connectivity index (χ3n) is 5.19. The molecule has 162 valence electrons. The van der Waals surface area contributed by atoms with Gasteiger partial charge in [-0.05, 0) is 48.7 Å². The fourth-order valence-electron chi connectivity index (χ4n) is 3.65. The molecule has 0 unspecified atom stereocenters. The maximum absolute atomic E-state index is 12.8. The molecule has 1 aliphatic rings. The Bertz CT molecular complexity index is 1170. The number of benzene rings is 2. The standard InChI is InChI=1S/C22H20F3N3O3/c23-22(24,25)31-16-8-5-14(6-9-16)13-26-20(29)15-7-10-17-18(12-15)27-19-4-2-1-3-11-28(19)21(17)30/h5-10,12H,1-4,11,13H2,(H,26,29). The predicted molar refractivity (Wildman–Crippen MR) is 108 cm³/mol. The number of carbonyl (C=O) groups is 1. The predicted octanol–water partition coefficient (Wildman–Crippen LogP) is 3.95. The van der Waals surface area contributed by atoms with Crippen LogP contribution in [0.25, 0.3) is 10.9 Å². The minimum Gasteiger partial charge on any atom is -0.406 e. The molecule has 0 saturated carbocycles. The number of ether oxygens (including phenoxy) is 1. The van der Waals surface area contributed by atoms with Crippen molar-refractivity contribution in [3.8, 4) is 5.75 Å². The average molecular weight is 431 g/mol. The summed E-state index contributed by atoms with van der Waals surface area (Å²) in [7, 11) is 0. The van der Waals surface area contributed by atoms with Gasteiger partial charge in [0.15, 0.2) is 0 Å². The lowest BCUT2D eigenvalue weighted by atomic mass is 10.1. The molecule has 3 aromatic rings. The van der Waals surface area contributed by atoms with Gasteiger partial charge in [0.25, 0.3) is 11.5 Å². The molecule has 0 atom stereocenters. The van der Waals surface area contributed by atoms with Crippen LogP contribution in [-0.4, -0.2) is 21.8 Å². The van der Waals surface area contributed by atoms with Gasteiger partial charge in [0.05, 0.1) is 10.9 Å². The van der Waals surface area contributed by atoms with Crippen LogP contribution in [-0.2, 0) is 19.5 Å². The Labute approximate surface area is 175 Å². The maximum Gasteiger partial charge on any atom is 0.573 e. The Morgan fingerprint density at radius 2 is 1.87 bits per heavy atom. The first kappa shape index (κ1) is 20.9. The number of aryl methyl sites for hydroxylation is 1. The third kappa shape index (κ3) is 4.87. The second kappa shape index (κ2) is 8.41. The molecule has 0 spiro atoms. The van der Waals surface area contributed by atoms with E-state index >= 15 is 0 Å². The highest BCUT2D eigenvalue weighted by atomic mass is 19.4. The van der Waals surface area contributed by atoms with E-state index in [1.54, 1.807) is 22.8 Å². The van der Waals surface area contributed by atoms with Crippen molar-refractivity contribution in [2.75, 3.05) is 0 Å². The number of hydrogen-bond donors (Lipinski definition) is 1. The van der Waals surface area contributed by atoms with Crippen molar-refractivity contribution in [2.45, 2.75) is 45.1 Å². The van der Waals surface area contributed by atoms with Crippen molar-refractivity contribution in [3.63, 3.8) is 0 Å². The first-order valence-corrected chi connectivity index (χ1v) is 9.96. The first-order chi connectivity index (χ1) is 14.8. The molecule has 0 aliphatic carbocycles. The second-order valence-electron chi connectivity index (χ2n) is 7.40. The molecule has 0 bridgehead atoms. The Balaban J connectivity index is 1.48. The van der Waals surface area contributed by atoms with Crippen LogP contribution in [0.5, 0.6) is 5.75 Å². The van der Waals surface area contributed by atoms with Crippen molar-refractivity contribution in [3.05, 3.63) is 69.8 Å². The van der Waals surface area contributed by atoms with Gasteiger partial charge in [-0.1, -0.05) is 18.6 Å². The van der Waals surface area contributed by atoms with Gasteiger partial charge < -0.3 is 10.1 Å². The summed E-state index contributed by atoms with van der Waals surface area (Å²) >= 11 is 0. The normalized spacial score (nSPS) is 14.0. The zero-order chi connectivity index (χ0) is 22.0. The summed E-state index contributed by atoms with van der Waals surface area (Å²) < 4.78 is 42.2. The maximum atomic E-state index is 12.8. The summed E-state index contributed by atoms with van der Waals surface area (Å²) in [5, 5.41) is 3.20. The highest BCUT2D eigenvalue weighted by Crippen LogP contribution is 2.23. The number of amides is 1. The van der Waals surface area contributed by atoms with Crippen molar-refractivity contribution in [1.29, 1.82) is 0 Å². The molecule has 0 saturated heterocycles. The molecule has 0 fully saturated rings. The highest BCUT2D eigenvalue weighted by molar-refractivity contribution is 5.97. The van der Waals surface area contributed by atoms with Gasteiger partial charge in [-0.25, -0.2) is 4.98 Å². The molecule has 0 radical (unpaired) electrons. The molecular formula is C22H20F3N3O3. The van der Waals surface area contributed by atoms with Crippen molar-refractivity contribution < 1.29 is 22.7 Å². The van der Waals surface area contributed by atoms with E-state index in [9.17, 15) is 22.8 Å². The molecule has 1 amide bonds. The summed E-state index contributed by atoms with van der Waals surface area (Å²) in [6.45, 7) is 0.787. The molecule has 9 heteroatoms. The zero-order valence-electron chi connectivity index (χ0n) is 16.5. The third-order valence-corrected chi connectivity index (χ3v) is 5.19. The van der Waals surface area contributed by atoms with Crippen molar-refractivity contribution in [2.24, 2.45) is 0 Å². The molecule has 1 aliphatic heterocycles. The molecule has 2 heterocycles. The summed E-state index contributed by atoms with van der Waals surface area (Å²) in [6, 6.07) is 10.0. The average Bonchev–Trinajstić information content (AvgIpc) is 2.97. The number of fused-ring (bicyclic) bond motifs is 2. The van der Waals surface area contributed by atoms with Gasteiger partial charge in [-0.2, -0.15) is 0 Å². The van der Waals surface area contributed by atoms with E-state index in [0.717, 1.165) is 31.5 Å². The molecule has 2 aromatic carbocycles. The summed E-state index contributed by atoms with van der Waals surface area (Å²) in [5.41, 5.74) is 1.37. The van der Waals surface area contributed by atoms with E-state index in [1.165, 1.54) is 24.3 Å². The lowest BCUT2D eigenvalue weighted by Gasteiger charge is -2.11. The number of nitrogens with one attached hydrogen (secondary N) is 1. The van der Waals surface area contributed by atoms with Gasteiger partial charge >= 0.3 is 6.36 Å². The van der Waals surface area contributed by atoms with E-state index in [4.69, 9.17) is 0 Å². The number of hydrogen-bond acceptors (Lipinski definition) is 4. The van der Waals surface area contributed by atoms with E-state index < -0.39 is 6.36 Å². The summed E-state index contributed by atoms with van der Waals surface area (Å²) in [6.07, 6.45) is -1.04. The lowest BCUT2D eigenvalue weighted by molar-refractivity contribution is -0.274. The Morgan fingerprint density at radius 1 is 1.10 bits per heavy atom. The number of halogens is 3. The minimum atomic E-state index is -4.75. The van der Waals surface area contributed by atoms with E-state index in [0.29, 0.717) is 28.6 Å². The monoisotopic (exact) mass is 431 g/mol. The molecular weight excluding hydrogens is 411 g/mol. The van der Waals surface area contributed by atoms with Crippen LogP contribution >= 0.6 is 0 Å². The van der Waals surface area contributed by atoms with Crippen molar-refractivity contribution >= 4 is 16.8 Å². The fourth-order valence-corrected chi connectivity index (χ4v) is 3.65. The van der Waals surface area contributed by atoms with Gasteiger partial charge in [0.1, 0.15) is 11.6 Å². The SMILES string of the molecule is O=C(NCc1ccc(OC(F)(F)F)cc1)c1ccc2c(=O)n3c(nc2c1)CCCCC3. The summed E-state index contributed by atoms with van der Waals surface area (Å²) in [5.74, 6) is 0.0525. The van der Waals surface area contributed by atoms with Crippen LogP contribution in [0.3, 0.4) is 0 Å². The Morgan fingerprint density at radius 3 is 2.61 bits per heavy atom. The van der Waals surface area contributed by atoms with Crippen LogP contribution in [0.2, 0.25) is 0 Å². The molecule has 1 aromatic heterocycles. The van der Waals surface area contributed by atoms with Crippen LogP contribution in [0, 0.1) is 0 Å². The molecule has 31 heavy (non-hydrogen) atoms. The van der Waals surface area contributed by atoms with Gasteiger partial charge in [0, 0.05) is 25.1 Å². The van der Waals surface area contributed by atoms with E-state index in [-0.39, 0.29) is 23.8 Å². The Kier molecular flexibility index (Phi) is 5.67. The van der Waals surface area contributed by atoms with Gasteiger partial charge in [-0.3, -0.25) is 14.2 Å². The zero-order valence-corrected chi connectivity index (χ0v) is 16.5. The quantitative estimate of drug-likeness (QED) is 0.679. The fraction of sp³-hybridized carbons (Fsp3) is 0.318. The van der Waals surface area contributed by atoms with E-state index in [2.05, 4.69) is 15.0 Å². The molecule has 6 nitrogen and oxygen atoms in total. The smallest absolute Gasteiger partial charge is 0.406 e. The topological polar surface area (TPSA) is 73.2 Å². The number of rotatable bonds is 4.